The summed E-state index contributed by atoms with van der Waals surface area (Å²) in [6, 6.07) is 13.2. The summed E-state index contributed by atoms with van der Waals surface area (Å²) in [7, 11) is 0. The number of anilines is 2. The first kappa shape index (κ1) is 17.3. The van der Waals surface area contributed by atoms with Crippen molar-refractivity contribution in [2.45, 2.75) is 25.2 Å². The Bertz CT molecular complexity index is 679. The van der Waals surface area contributed by atoms with Gasteiger partial charge in [0.25, 0.3) is 0 Å². The summed E-state index contributed by atoms with van der Waals surface area (Å²) in [6.45, 7) is 1.75. The van der Waals surface area contributed by atoms with E-state index < -0.39 is 6.36 Å². The number of nitrogens with one attached hydrogen (secondary N) is 1. The van der Waals surface area contributed by atoms with Crippen molar-refractivity contribution in [2.24, 2.45) is 0 Å². The fraction of sp³-hybridized carbons (Fsp3) is 0.333. The van der Waals surface area contributed by atoms with Crippen LogP contribution >= 0.6 is 0 Å². The Balaban J connectivity index is 1.51. The summed E-state index contributed by atoms with van der Waals surface area (Å²) < 4.78 is 40.3. The SMILES string of the molecule is Oc1ccc(N2CCC(Nc3ccc(OC(F)(F)F)cc3)CC2)cc1. The number of alkyl halides is 3. The van der Waals surface area contributed by atoms with E-state index in [1.807, 2.05) is 12.1 Å². The molecule has 7 heteroatoms. The molecule has 1 aliphatic heterocycles. The van der Waals surface area contributed by atoms with Gasteiger partial charge in [-0.1, -0.05) is 0 Å². The van der Waals surface area contributed by atoms with E-state index in [4.69, 9.17) is 0 Å². The molecule has 0 radical (unpaired) electrons. The van der Waals surface area contributed by atoms with E-state index in [2.05, 4.69) is 15.0 Å². The maximum absolute atomic E-state index is 12.2. The van der Waals surface area contributed by atoms with Crippen LogP contribution in [0.4, 0.5) is 24.5 Å². The third-order valence-electron chi connectivity index (χ3n) is 4.17. The highest BCUT2D eigenvalue weighted by Crippen LogP contribution is 2.26. The zero-order valence-electron chi connectivity index (χ0n) is 13.5. The third-order valence-corrected chi connectivity index (χ3v) is 4.17. The van der Waals surface area contributed by atoms with E-state index in [1.54, 1.807) is 24.3 Å². The highest BCUT2D eigenvalue weighted by Gasteiger charge is 2.31. The van der Waals surface area contributed by atoms with Gasteiger partial charge in [0, 0.05) is 30.5 Å². The standard InChI is InChI=1S/C18H19F3N2O2/c19-18(20,21)25-17-7-1-13(2-8-17)22-14-9-11-23(12-10-14)15-3-5-16(24)6-4-15/h1-8,14,22,24H,9-12H2. The van der Waals surface area contributed by atoms with Gasteiger partial charge in [-0.05, 0) is 61.4 Å². The third kappa shape index (κ3) is 4.95. The van der Waals surface area contributed by atoms with E-state index >= 15 is 0 Å². The summed E-state index contributed by atoms with van der Waals surface area (Å²) in [4.78, 5) is 2.25. The van der Waals surface area contributed by atoms with Gasteiger partial charge in [-0.25, -0.2) is 0 Å². The molecule has 1 aliphatic rings. The lowest BCUT2D eigenvalue weighted by Gasteiger charge is -2.34. The van der Waals surface area contributed by atoms with Crippen LogP contribution in [0.5, 0.6) is 11.5 Å². The van der Waals surface area contributed by atoms with Crippen LogP contribution in [0.25, 0.3) is 0 Å². The number of nitrogens with zero attached hydrogens (tertiary/aromatic N) is 1. The first-order valence-corrected chi connectivity index (χ1v) is 8.05. The van der Waals surface area contributed by atoms with Crippen molar-refractivity contribution in [1.82, 2.24) is 0 Å². The Morgan fingerprint density at radius 3 is 2.12 bits per heavy atom. The Morgan fingerprint density at radius 2 is 1.56 bits per heavy atom. The fourth-order valence-electron chi connectivity index (χ4n) is 2.93. The molecule has 0 unspecified atom stereocenters. The largest absolute Gasteiger partial charge is 0.573 e. The quantitative estimate of drug-likeness (QED) is 0.858. The Labute approximate surface area is 143 Å². The molecule has 1 saturated heterocycles. The van der Waals surface area contributed by atoms with Gasteiger partial charge in [0.1, 0.15) is 11.5 Å². The van der Waals surface area contributed by atoms with Crippen molar-refractivity contribution < 1.29 is 23.0 Å². The first-order valence-electron chi connectivity index (χ1n) is 8.05. The molecule has 134 valence electrons. The van der Waals surface area contributed by atoms with Gasteiger partial charge in [-0.3, -0.25) is 0 Å². The second-order valence-corrected chi connectivity index (χ2v) is 5.99. The number of phenolic OH excluding ortho intramolecular Hbond substituents is 1. The predicted octanol–water partition coefficient (Wildman–Crippen LogP) is 4.37. The summed E-state index contributed by atoms with van der Waals surface area (Å²) >= 11 is 0. The molecular weight excluding hydrogens is 333 g/mol. The number of piperidine rings is 1. The average Bonchev–Trinajstić information content (AvgIpc) is 2.57. The number of halogens is 3. The summed E-state index contributed by atoms with van der Waals surface area (Å²) in [5.74, 6) is 0.0263. The van der Waals surface area contributed by atoms with Crippen LogP contribution in [0.15, 0.2) is 48.5 Å². The number of hydrogen-bond donors (Lipinski definition) is 2. The molecule has 0 spiro atoms. The van der Waals surface area contributed by atoms with E-state index in [9.17, 15) is 18.3 Å². The lowest BCUT2D eigenvalue weighted by Crippen LogP contribution is -2.39. The van der Waals surface area contributed by atoms with Crippen LogP contribution in [0.2, 0.25) is 0 Å². The number of benzene rings is 2. The van der Waals surface area contributed by atoms with Gasteiger partial charge in [-0.2, -0.15) is 0 Å². The van der Waals surface area contributed by atoms with Crippen LogP contribution in [0.1, 0.15) is 12.8 Å². The van der Waals surface area contributed by atoms with Crippen molar-refractivity contribution in [3.8, 4) is 11.5 Å². The highest BCUT2D eigenvalue weighted by molar-refractivity contribution is 5.50. The van der Waals surface area contributed by atoms with Crippen molar-refractivity contribution in [3.05, 3.63) is 48.5 Å². The predicted molar refractivity (Wildman–Crippen MR) is 90.1 cm³/mol. The molecule has 4 nitrogen and oxygen atoms in total. The molecule has 0 bridgehead atoms. The van der Waals surface area contributed by atoms with Crippen LogP contribution in [-0.2, 0) is 0 Å². The van der Waals surface area contributed by atoms with Gasteiger partial charge >= 0.3 is 6.36 Å². The summed E-state index contributed by atoms with van der Waals surface area (Å²) in [6.07, 6.45) is -2.83. The van der Waals surface area contributed by atoms with E-state index in [1.165, 1.54) is 12.1 Å². The maximum Gasteiger partial charge on any atom is 0.573 e. The van der Waals surface area contributed by atoms with Crippen molar-refractivity contribution in [2.75, 3.05) is 23.3 Å². The molecule has 1 heterocycles. The van der Waals surface area contributed by atoms with Gasteiger partial charge in [0.15, 0.2) is 0 Å². The number of phenols is 1. The number of aromatic hydroxyl groups is 1. The molecular formula is C18H19F3N2O2. The first-order chi connectivity index (χ1) is 11.9. The molecule has 2 N–H and O–H groups in total. The minimum Gasteiger partial charge on any atom is -0.508 e. The molecule has 0 aromatic heterocycles. The molecule has 25 heavy (non-hydrogen) atoms. The second-order valence-electron chi connectivity index (χ2n) is 5.99. The van der Waals surface area contributed by atoms with Gasteiger partial charge in [-0.15, -0.1) is 13.2 Å². The molecule has 3 rings (SSSR count). The smallest absolute Gasteiger partial charge is 0.508 e. The van der Waals surface area contributed by atoms with Crippen LogP contribution in [-0.4, -0.2) is 30.6 Å². The number of hydrogen-bond acceptors (Lipinski definition) is 4. The average molecular weight is 352 g/mol. The number of ether oxygens (including phenoxy) is 1. The normalized spacial score (nSPS) is 15.9. The molecule has 2 aromatic rings. The molecule has 0 aliphatic carbocycles. The lowest BCUT2D eigenvalue weighted by atomic mass is 10.0. The molecule has 0 amide bonds. The monoisotopic (exact) mass is 352 g/mol. The Hall–Kier alpha value is -2.57. The zero-order valence-corrected chi connectivity index (χ0v) is 13.5. The summed E-state index contributed by atoms with van der Waals surface area (Å²) in [5, 5.41) is 12.7. The molecule has 0 saturated carbocycles. The minimum absolute atomic E-state index is 0.222. The summed E-state index contributed by atoms with van der Waals surface area (Å²) in [5.41, 5.74) is 1.85. The molecule has 2 aromatic carbocycles. The van der Waals surface area contributed by atoms with Crippen LogP contribution in [0.3, 0.4) is 0 Å². The Kier molecular flexibility index (Phi) is 4.92. The second kappa shape index (κ2) is 7.13. The van der Waals surface area contributed by atoms with E-state index in [0.717, 1.165) is 37.3 Å². The topological polar surface area (TPSA) is 44.7 Å². The molecule has 0 atom stereocenters. The van der Waals surface area contributed by atoms with Crippen molar-refractivity contribution in [3.63, 3.8) is 0 Å². The Morgan fingerprint density at radius 1 is 0.960 bits per heavy atom. The van der Waals surface area contributed by atoms with Gasteiger partial charge < -0.3 is 20.1 Å². The van der Waals surface area contributed by atoms with Crippen molar-refractivity contribution >= 4 is 11.4 Å². The number of rotatable bonds is 4. The van der Waals surface area contributed by atoms with Crippen LogP contribution in [0, 0.1) is 0 Å². The minimum atomic E-state index is -4.67. The highest BCUT2D eigenvalue weighted by atomic mass is 19.4. The zero-order chi connectivity index (χ0) is 17.9. The maximum atomic E-state index is 12.2. The fourth-order valence-corrected chi connectivity index (χ4v) is 2.93. The van der Waals surface area contributed by atoms with E-state index in [0.29, 0.717) is 0 Å². The lowest BCUT2D eigenvalue weighted by molar-refractivity contribution is -0.274. The molecule has 1 fully saturated rings. The van der Waals surface area contributed by atoms with Gasteiger partial charge in [0.05, 0.1) is 0 Å². The van der Waals surface area contributed by atoms with E-state index in [-0.39, 0.29) is 17.5 Å². The van der Waals surface area contributed by atoms with Crippen molar-refractivity contribution in [1.29, 1.82) is 0 Å². The van der Waals surface area contributed by atoms with Crippen LogP contribution < -0.4 is 15.0 Å². The van der Waals surface area contributed by atoms with Gasteiger partial charge in [0.2, 0.25) is 0 Å².